The Bertz CT molecular complexity index is 397. The first-order chi connectivity index (χ1) is 7.03. The summed E-state index contributed by atoms with van der Waals surface area (Å²) in [5, 5.41) is 6.99. The number of aryl methyl sites for hydroxylation is 1. The van der Waals surface area contributed by atoms with E-state index in [1.54, 1.807) is 10.9 Å². The van der Waals surface area contributed by atoms with E-state index in [2.05, 4.69) is 10.4 Å². The van der Waals surface area contributed by atoms with Crippen LogP contribution in [0.25, 0.3) is 0 Å². The molecule has 0 fully saturated rings. The molecule has 0 aliphatic rings. The fourth-order valence-electron chi connectivity index (χ4n) is 1.28. The molecule has 0 amide bonds. The molecule has 86 valence electrons. The molecule has 0 atom stereocenters. The lowest BCUT2D eigenvalue weighted by Crippen LogP contribution is -2.17. The Hall–Kier alpha value is -1.04. The van der Waals surface area contributed by atoms with Crippen molar-refractivity contribution >= 4 is 15.5 Å². The highest BCUT2D eigenvalue weighted by atomic mass is 32.2. The van der Waals surface area contributed by atoms with E-state index >= 15 is 0 Å². The molecule has 15 heavy (non-hydrogen) atoms. The lowest BCUT2D eigenvalue weighted by atomic mass is 10.5. The van der Waals surface area contributed by atoms with Crippen LogP contribution in [-0.2, 0) is 16.9 Å². The Labute approximate surface area is 90.4 Å². The average molecular weight is 231 g/mol. The number of nitrogens with zero attached hydrogens (tertiary/aromatic N) is 2. The molecule has 5 nitrogen and oxygen atoms in total. The summed E-state index contributed by atoms with van der Waals surface area (Å²) in [6.45, 7) is 2.31. The van der Waals surface area contributed by atoms with Gasteiger partial charge in [0.15, 0.2) is 9.84 Å². The highest BCUT2D eigenvalue weighted by Crippen LogP contribution is 2.03. The lowest BCUT2D eigenvalue weighted by molar-refractivity contribution is 0.595. The Kier molecular flexibility index (Phi) is 4.14. The van der Waals surface area contributed by atoms with Gasteiger partial charge in [0.05, 0.1) is 17.6 Å². The molecule has 0 aliphatic heterocycles. The number of sulfone groups is 1. The Morgan fingerprint density at radius 3 is 2.73 bits per heavy atom. The summed E-state index contributed by atoms with van der Waals surface area (Å²) >= 11 is 0. The molecule has 1 heterocycles. The number of rotatable bonds is 6. The molecule has 1 N–H and O–H groups in total. The molecule has 0 aliphatic carbocycles. The molecular weight excluding hydrogens is 214 g/mol. The summed E-state index contributed by atoms with van der Waals surface area (Å²) in [4.78, 5) is 0. The van der Waals surface area contributed by atoms with Crippen LogP contribution in [0.4, 0.5) is 5.69 Å². The molecule has 0 aromatic carbocycles. The van der Waals surface area contributed by atoms with E-state index < -0.39 is 9.84 Å². The molecular formula is C9H17N3O2S. The number of anilines is 1. The minimum Gasteiger partial charge on any atom is -0.381 e. The molecule has 0 saturated heterocycles. The van der Waals surface area contributed by atoms with Gasteiger partial charge in [0.2, 0.25) is 0 Å². The van der Waals surface area contributed by atoms with Crippen molar-refractivity contribution in [2.45, 2.75) is 13.3 Å². The summed E-state index contributed by atoms with van der Waals surface area (Å²) in [6, 6.07) is 0. The van der Waals surface area contributed by atoms with Gasteiger partial charge in [-0.05, 0) is 6.42 Å². The molecule has 0 radical (unpaired) electrons. The Morgan fingerprint density at radius 1 is 1.47 bits per heavy atom. The van der Waals surface area contributed by atoms with Crippen molar-refractivity contribution in [1.82, 2.24) is 9.78 Å². The van der Waals surface area contributed by atoms with E-state index in [1.807, 2.05) is 20.2 Å². The van der Waals surface area contributed by atoms with Gasteiger partial charge in [-0.2, -0.15) is 5.10 Å². The minimum absolute atomic E-state index is 0.176. The van der Waals surface area contributed by atoms with Crippen LogP contribution in [0.15, 0.2) is 12.4 Å². The quantitative estimate of drug-likeness (QED) is 0.781. The minimum atomic E-state index is -2.88. The summed E-state index contributed by atoms with van der Waals surface area (Å²) < 4.78 is 24.4. The van der Waals surface area contributed by atoms with Gasteiger partial charge in [0.25, 0.3) is 0 Å². The maximum atomic E-state index is 11.4. The summed E-state index contributed by atoms with van der Waals surface area (Å²) in [7, 11) is -1.07. The first-order valence-electron chi connectivity index (χ1n) is 4.96. The van der Waals surface area contributed by atoms with Crippen molar-refractivity contribution in [2.24, 2.45) is 7.05 Å². The van der Waals surface area contributed by atoms with Crippen LogP contribution in [0.3, 0.4) is 0 Å². The monoisotopic (exact) mass is 231 g/mol. The van der Waals surface area contributed by atoms with Gasteiger partial charge in [-0.1, -0.05) is 6.92 Å². The molecule has 1 aromatic heterocycles. The average Bonchev–Trinajstić information content (AvgIpc) is 2.51. The summed E-state index contributed by atoms with van der Waals surface area (Å²) in [5.74, 6) is 0.442. The van der Waals surface area contributed by atoms with Crippen molar-refractivity contribution in [2.75, 3.05) is 23.4 Å². The van der Waals surface area contributed by atoms with E-state index in [9.17, 15) is 8.42 Å². The Morgan fingerprint density at radius 2 is 2.20 bits per heavy atom. The summed E-state index contributed by atoms with van der Waals surface area (Å²) in [5.41, 5.74) is 0.851. The predicted molar refractivity (Wildman–Crippen MR) is 60.6 cm³/mol. The van der Waals surface area contributed by atoms with Crippen LogP contribution in [0.2, 0.25) is 0 Å². The second kappa shape index (κ2) is 5.16. The highest BCUT2D eigenvalue weighted by Gasteiger charge is 2.08. The van der Waals surface area contributed by atoms with E-state index in [-0.39, 0.29) is 11.5 Å². The third kappa shape index (κ3) is 4.33. The first-order valence-corrected chi connectivity index (χ1v) is 6.78. The van der Waals surface area contributed by atoms with Crippen LogP contribution in [-0.4, -0.2) is 36.2 Å². The molecule has 0 bridgehead atoms. The molecule has 1 aromatic rings. The lowest BCUT2D eigenvalue weighted by Gasteiger charge is -2.03. The van der Waals surface area contributed by atoms with Crippen molar-refractivity contribution in [3.05, 3.63) is 12.4 Å². The fraction of sp³-hybridized carbons (Fsp3) is 0.667. The van der Waals surface area contributed by atoms with Gasteiger partial charge < -0.3 is 5.32 Å². The van der Waals surface area contributed by atoms with Crippen molar-refractivity contribution < 1.29 is 8.42 Å². The number of aromatic nitrogens is 2. The maximum absolute atomic E-state index is 11.4. The fourth-order valence-corrected chi connectivity index (χ4v) is 2.52. The van der Waals surface area contributed by atoms with Crippen molar-refractivity contribution in [3.8, 4) is 0 Å². The zero-order valence-electron chi connectivity index (χ0n) is 9.10. The van der Waals surface area contributed by atoms with Crippen molar-refractivity contribution in [3.63, 3.8) is 0 Å². The number of hydrogen-bond acceptors (Lipinski definition) is 4. The van der Waals surface area contributed by atoms with Crippen LogP contribution >= 0.6 is 0 Å². The summed E-state index contributed by atoms with van der Waals surface area (Å²) in [6.07, 6.45) is 4.16. The van der Waals surface area contributed by atoms with Gasteiger partial charge in [-0.3, -0.25) is 4.68 Å². The highest BCUT2D eigenvalue weighted by molar-refractivity contribution is 7.91. The standard InChI is InChI=1S/C9H17N3O2S/c1-3-5-15(13,14)6-4-10-9-7-11-12(2)8-9/h7-8,10H,3-6H2,1-2H3. The maximum Gasteiger partial charge on any atom is 0.152 e. The van der Waals surface area contributed by atoms with Crippen LogP contribution in [0.1, 0.15) is 13.3 Å². The van der Waals surface area contributed by atoms with Gasteiger partial charge in [-0.15, -0.1) is 0 Å². The van der Waals surface area contributed by atoms with E-state index in [0.717, 1.165) is 5.69 Å². The van der Waals surface area contributed by atoms with Gasteiger partial charge in [-0.25, -0.2) is 8.42 Å². The number of nitrogens with one attached hydrogen (secondary N) is 1. The third-order valence-electron chi connectivity index (χ3n) is 1.96. The largest absolute Gasteiger partial charge is 0.381 e. The van der Waals surface area contributed by atoms with Crippen LogP contribution in [0, 0.1) is 0 Å². The normalized spacial score (nSPS) is 11.6. The van der Waals surface area contributed by atoms with E-state index in [1.165, 1.54) is 0 Å². The molecule has 0 spiro atoms. The second-order valence-corrected chi connectivity index (χ2v) is 5.78. The van der Waals surface area contributed by atoms with Gasteiger partial charge in [0.1, 0.15) is 0 Å². The predicted octanol–water partition coefficient (Wildman–Crippen LogP) is 0.657. The van der Waals surface area contributed by atoms with Gasteiger partial charge in [0, 0.05) is 25.5 Å². The molecule has 1 rings (SSSR count). The van der Waals surface area contributed by atoms with Crippen LogP contribution < -0.4 is 5.32 Å². The van der Waals surface area contributed by atoms with E-state index in [4.69, 9.17) is 0 Å². The van der Waals surface area contributed by atoms with Crippen molar-refractivity contribution in [1.29, 1.82) is 0 Å². The third-order valence-corrected chi connectivity index (χ3v) is 3.82. The Balaban J connectivity index is 2.33. The molecule has 0 saturated carbocycles. The zero-order valence-corrected chi connectivity index (χ0v) is 9.92. The van der Waals surface area contributed by atoms with Gasteiger partial charge >= 0.3 is 0 Å². The topological polar surface area (TPSA) is 64.0 Å². The zero-order chi connectivity index (χ0) is 11.3. The molecule has 0 unspecified atom stereocenters. The van der Waals surface area contributed by atoms with E-state index in [0.29, 0.717) is 13.0 Å². The number of hydrogen-bond donors (Lipinski definition) is 1. The smallest absolute Gasteiger partial charge is 0.152 e. The second-order valence-electron chi connectivity index (χ2n) is 3.48. The van der Waals surface area contributed by atoms with Crippen LogP contribution in [0.5, 0.6) is 0 Å². The SMILES string of the molecule is CCCS(=O)(=O)CCNc1cnn(C)c1. The molecule has 6 heteroatoms. The first kappa shape index (κ1) is 12.0.